The Bertz CT molecular complexity index is 688. The highest BCUT2D eigenvalue weighted by Crippen LogP contribution is 2.23. The molecule has 0 spiro atoms. The molecular formula is C13H10FN3. The summed E-state index contributed by atoms with van der Waals surface area (Å²) in [5.41, 5.74) is 2.98. The maximum absolute atomic E-state index is 13.6. The van der Waals surface area contributed by atoms with Gasteiger partial charge >= 0.3 is 0 Å². The number of pyridine rings is 1. The minimum Gasteiger partial charge on any atom is -0.336 e. The van der Waals surface area contributed by atoms with Crippen molar-refractivity contribution in [1.29, 1.82) is 0 Å². The summed E-state index contributed by atoms with van der Waals surface area (Å²) in [6.07, 6.45) is 1.70. The molecule has 1 aromatic carbocycles. The van der Waals surface area contributed by atoms with Crippen LogP contribution in [-0.4, -0.2) is 15.0 Å². The van der Waals surface area contributed by atoms with Crippen LogP contribution in [0.2, 0.25) is 0 Å². The van der Waals surface area contributed by atoms with Crippen molar-refractivity contribution in [2.45, 2.75) is 6.92 Å². The van der Waals surface area contributed by atoms with Gasteiger partial charge < -0.3 is 4.98 Å². The molecule has 0 aliphatic heterocycles. The van der Waals surface area contributed by atoms with Gasteiger partial charge in [-0.05, 0) is 30.7 Å². The zero-order valence-electron chi connectivity index (χ0n) is 9.24. The second-order valence-corrected chi connectivity index (χ2v) is 3.89. The van der Waals surface area contributed by atoms with Gasteiger partial charge in [-0.25, -0.2) is 14.4 Å². The van der Waals surface area contributed by atoms with Gasteiger partial charge in [0.05, 0.1) is 11.1 Å². The molecular weight excluding hydrogens is 217 g/mol. The molecule has 0 saturated heterocycles. The lowest BCUT2D eigenvalue weighted by Crippen LogP contribution is -1.85. The average Bonchev–Trinajstić information content (AvgIpc) is 2.75. The molecule has 0 aliphatic rings. The molecule has 0 unspecified atom stereocenters. The SMILES string of the molecule is Cc1ccnc2nc(-c3ccccc3F)[nH]c12. The molecule has 17 heavy (non-hydrogen) atoms. The predicted octanol–water partition coefficient (Wildman–Crippen LogP) is 3.07. The molecule has 0 atom stereocenters. The van der Waals surface area contributed by atoms with Crippen LogP contribution in [0.4, 0.5) is 4.39 Å². The molecule has 2 aromatic heterocycles. The molecule has 3 aromatic rings. The molecule has 0 fully saturated rings. The first-order valence-electron chi connectivity index (χ1n) is 5.32. The van der Waals surface area contributed by atoms with Gasteiger partial charge in [0.15, 0.2) is 5.65 Å². The Kier molecular flexibility index (Phi) is 2.14. The lowest BCUT2D eigenvalue weighted by atomic mass is 10.2. The van der Waals surface area contributed by atoms with Crippen molar-refractivity contribution in [1.82, 2.24) is 15.0 Å². The molecule has 3 nitrogen and oxygen atoms in total. The normalized spacial score (nSPS) is 10.9. The van der Waals surface area contributed by atoms with Crippen molar-refractivity contribution in [2.75, 3.05) is 0 Å². The van der Waals surface area contributed by atoms with Gasteiger partial charge in [-0.15, -0.1) is 0 Å². The third-order valence-corrected chi connectivity index (χ3v) is 2.73. The summed E-state index contributed by atoms with van der Waals surface area (Å²) in [6.45, 7) is 1.97. The van der Waals surface area contributed by atoms with Crippen molar-refractivity contribution >= 4 is 11.2 Å². The van der Waals surface area contributed by atoms with Crippen LogP contribution in [-0.2, 0) is 0 Å². The van der Waals surface area contributed by atoms with E-state index in [4.69, 9.17) is 0 Å². The zero-order valence-corrected chi connectivity index (χ0v) is 9.24. The standard InChI is InChI=1S/C13H10FN3/c1-8-6-7-15-13-11(8)16-12(17-13)9-4-2-3-5-10(9)14/h2-7H,1H3,(H,15,16,17). The Labute approximate surface area is 97.3 Å². The summed E-state index contributed by atoms with van der Waals surface area (Å²) >= 11 is 0. The fourth-order valence-electron chi connectivity index (χ4n) is 1.82. The molecule has 0 aliphatic carbocycles. The number of hydrogen-bond donors (Lipinski definition) is 1. The van der Waals surface area contributed by atoms with Gasteiger partial charge in [0.2, 0.25) is 0 Å². The van der Waals surface area contributed by atoms with E-state index in [-0.39, 0.29) is 5.82 Å². The van der Waals surface area contributed by atoms with Crippen LogP contribution in [0, 0.1) is 12.7 Å². The van der Waals surface area contributed by atoms with E-state index in [0.717, 1.165) is 11.1 Å². The predicted molar refractivity (Wildman–Crippen MR) is 64.0 cm³/mol. The number of rotatable bonds is 1. The van der Waals surface area contributed by atoms with Gasteiger partial charge in [0.1, 0.15) is 11.6 Å². The van der Waals surface area contributed by atoms with E-state index in [1.165, 1.54) is 6.07 Å². The number of benzene rings is 1. The van der Waals surface area contributed by atoms with Crippen molar-refractivity contribution in [3.05, 3.63) is 47.9 Å². The molecule has 1 N–H and O–H groups in total. The van der Waals surface area contributed by atoms with E-state index in [2.05, 4.69) is 15.0 Å². The van der Waals surface area contributed by atoms with Gasteiger partial charge in [-0.2, -0.15) is 0 Å². The summed E-state index contributed by atoms with van der Waals surface area (Å²) in [5.74, 6) is 0.226. The molecule has 4 heteroatoms. The second-order valence-electron chi connectivity index (χ2n) is 3.89. The first-order chi connectivity index (χ1) is 8.25. The first-order valence-corrected chi connectivity index (χ1v) is 5.32. The Balaban J connectivity index is 2.26. The third-order valence-electron chi connectivity index (χ3n) is 2.73. The maximum atomic E-state index is 13.6. The number of nitrogens with one attached hydrogen (secondary N) is 1. The molecule has 0 amide bonds. The van der Waals surface area contributed by atoms with E-state index in [9.17, 15) is 4.39 Å². The summed E-state index contributed by atoms with van der Waals surface area (Å²) in [6, 6.07) is 8.45. The average molecular weight is 227 g/mol. The van der Waals surface area contributed by atoms with Gasteiger partial charge in [0.25, 0.3) is 0 Å². The fourth-order valence-corrected chi connectivity index (χ4v) is 1.82. The summed E-state index contributed by atoms with van der Waals surface area (Å²) in [4.78, 5) is 11.6. The second kappa shape index (κ2) is 3.66. The number of nitrogens with zero attached hydrogens (tertiary/aromatic N) is 2. The number of hydrogen-bond acceptors (Lipinski definition) is 2. The lowest BCUT2D eigenvalue weighted by molar-refractivity contribution is 0.630. The van der Waals surface area contributed by atoms with Crippen molar-refractivity contribution in [2.24, 2.45) is 0 Å². The van der Waals surface area contributed by atoms with Crippen molar-refractivity contribution in [3.8, 4) is 11.4 Å². The Morgan fingerprint density at radius 2 is 2.00 bits per heavy atom. The van der Waals surface area contributed by atoms with Crippen LogP contribution in [0.3, 0.4) is 0 Å². The highest BCUT2D eigenvalue weighted by atomic mass is 19.1. The molecule has 0 radical (unpaired) electrons. The number of halogens is 1. The zero-order chi connectivity index (χ0) is 11.8. The molecule has 84 valence electrons. The number of fused-ring (bicyclic) bond motifs is 1. The Morgan fingerprint density at radius 3 is 2.76 bits per heavy atom. The smallest absolute Gasteiger partial charge is 0.178 e. The molecule has 3 rings (SSSR count). The molecule has 2 heterocycles. The minimum absolute atomic E-state index is 0.288. The number of aromatic amines is 1. The molecule has 0 bridgehead atoms. The van der Waals surface area contributed by atoms with Crippen LogP contribution in [0.1, 0.15) is 5.56 Å². The van der Waals surface area contributed by atoms with E-state index < -0.39 is 0 Å². The monoisotopic (exact) mass is 227 g/mol. The highest BCUT2D eigenvalue weighted by Gasteiger charge is 2.10. The van der Waals surface area contributed by atoms with Crippen molar-refractivity contribution in [3.63, 3.8) is 0 Å². The highest BCUT2D eigenvalue weighted by molar-refractivity contribution is 5.78. The molecule has 0 saturated carbocycles. The minimum atomic E-state index is -0.288. The largest absolute Gasteiger partial charge is 0.336 e. The topological polar surface area (TPSA) is 41.6 Å². The third kappa shape index (κ3) is 1.58. The first kappa shape index (κ1) is 9.96. The van der Waals surface area contributed by atoms with Crippen LogP contribution in [0.15, 0.2) is 36.5 Å². The van der Waals surface area contributed by atoms with E-state index in [0.29, 0.717) is 17.0 Å². The van der Waals surface area contributed by atoms with Gasteiger partial charge in [-0.3, -0.25) is 0 Å². The quantitative estimate of drug-likeness (QED) is 0.694. The van der Waals surface area contributed by atoms with E-state index in [1.807, 2.05) is 13.0 Å². The van der Waals surface area contributed by atoms with Crippen LogP contribution in [0.5, 0.6) is 0 Å². The summed E-state index contributed by atoms with van der Waals surface area (Å²) < 4.78 is 13.6. The number of H-pyrrole nitrogens is 1. The number of aromatic nitrogens is 3. The van der Waals surface area contributed by atoms with E-state index in [1.54, 1.807) is 24.4 Å². The maximum Gasteiger partial charge on any atom is 0.178 e. The number of aryl methyl sites for hydroxylation is 1. The van der Waals surface area contributed by atoms with E-state index >= 15 is 0 Å². The lowest BCUT2D eigenvalue weighted by Gasteiger charge is -1.97. The summed E-state index contributed by atoms with van der Waals surface area (Å²) in [5, 5.41) is 0. The summed E-state index contributed by atoms with van der Waals surface area (Å²) in [7, 11) is 0. The number of imidazole rings is 1. The van der Waals surface area contributed by atoms with Crippen LogP contribution < -0.4 is 0 Å². The van der Waals surface area contributed by atoms with Gasteiger partial charge in [-0.1, -0.05) is 12.1 Å². The van der Waals surface area contributed by atoms with Crippen LogP contribution in [0.25, 0.3) is 22.6 Å². The fraction of sp³-hybridized carbons (Fsp3) is 0.0769. The van der Waals surface area contributed by atoms with Crippen molar-refractivity contribution < 1.29 is 4.39 Å². The van der Waals surface area contributed by atoms with Crippen LogP contribution >= 0.6 is 0 Å². The Hall–Kier alpha value is -2.23. The van der Waals surface area contributed by atoms with Gasteiger partial charge in [0, 0.05) is 6.20 Å². The Morgan fingerprint density at radius 1 is 1.18 bits per heavy atom.